The third kappa shape index (κ3) is 3.32. The van der Waals surface area contributed by atoms with Crippen LogP contribution in [0.1, 0.15) is 42.0 Å². The molecular formula is C20H28N6O. The highest BCUT2D eigenvalue weighted by atomic mass is 16.2. The van der Waals surface area contributed by atoms with Gasteiger partial charge >= 0.3 is 0 Å². The van der Waals surface area contributed by atoms with Gasteiger partial charge in [0.2, 0.25) is 0 Å². The highest BCUT2D eigenvalue weighted by Gasteiger charge is 2.31. The van der Waals surface area contributed by atoms with Gasteiger partial charge in [-0.25, -0.2) is 4.68 Å². The molecule has 0 unspecified atom stereocenters. The van der Waals surface area contributed by atoms with E-state index >= 15 is 0 Å². The van der Waals surface area contributed by atoms with Crippen molar-refractivity contribution in [1.82, 2.24) is 20.3 Å². The third-order valence-electron chi connectivity index (χ3n) is 5.69. The summed E-state index contributed by atoms with van der Waals surface area (Å²) in [4.78, 5) is 17.6. The molecule has 27 heavy (non-hydrogen) atoms. The van der Waals surface area contributed by atoms with Crippen LogP contribution in [-0.4, -0.2) is 54.1 Å². The lowest BCUT2D eigenvalue weighted by molar-refractivity contribution is 0.0978. The van der Waals surface area contributed by atoms with Crippen molar-refractivity contribution in [3.63, 3.8) is 0 Å². The van der Waals surface area contributed by atoms with Crippen molar-refractivity contribution in [2.75, 3.05) is 43.0 Å². The summed E-state index contributed by atoms with van der Waals surface area (Å²) in [5, 5.41) is 12.0. The number of rotatable bonds is 2. The number of amides is 1. The molecule has 2 aliphatic rings. The third-order valence-corrected chi connectivity index (χ3v) is 5.69. The molecule has 1 saturated heterocycles. The van der Waals surface area contributed by atoms with Crippen molar-refractivity contribution >= 4 is 17.3 Å². The smallest absolute Gasteiger partial charge is 0.280 e. The molecule has 2 aromatic rings. The molecule has 2 aliphatic heterocycles. The molecule has 1 N–H and O–H groups in total. The number of anilines is 2. The second kappa shape index (κ2) is 7.31. The first-order valence-electron chi connectivity index (χ1n) is 9.80. The number of fused-ring (bicyclic) bond motifs is 1. The van der Waals surface area contributed by atoms with Crippen LogP contribution in [0.2, 0.25) is 0 Å². The minimum Gasteiger partial charge on any atom is -0.373 e. The zero-order chi connectivity index (χ0) is 19.0. The zero-order valence-electron chi connectivity index (χ0n) is 16.4. The molecule has 7 nitrogen and oxygen atoms in total. The van der Waals surface area contributed by atoms with E-state index < -0.39 is 0 Å². The van der Waals surface area contributed by atoms with Crippen molar-refractivity contribution in [1.29, 1.82) is 0 Å². The lowest BCUT2D eigenvalue weighted by Crippen LogP contribution is -2.35. The molecule has 1 aromatic heterocycles. The number of aromatic nitrogens is 3. The van der Waals surface area contributed by atoms with E-state index in [-0.39, 0.29) is 5.91 Å². The topological polar surface area (TPSA) is 66.3 Å². The number of carbonyl (C=O) groups is 1. The second-order valence-corrected chi connectivity index (χ2v) is 7.84. The molecule has 0 aliphatic carbocycles. The molecule has 3 heterocycles. The second-order valence-electron chi connectivity index (χ2n) is 7.84. The summed E-state index contributed by atoms with van der Waals surface area (Å²) in [5.41, 5.74) is 3.37. The summed E-state index contributed by atoms with van der Waals surface area (Å²) >= 11 is 0. The largest absolute Gasteiger partial charge is 0.373 e. The van der Waals surface area contributed by atoms with Crippen LogP contribution in [0.25, 0.3) is 0 Å². The fraction of sp³-hybridized carbons (Fsp3) is 0.550. The fourth-order valence-electron chi connectivity index (χ4n) is 4.31. The minimum atomic E-state index is -0.0534. The number of nitrogens with one attached hydrogen (secondary N) is 1. The Kier molecular flexibility index (Phi) is 4.86. The average Bonchev–Trinajstić information content (AvgIpc) is 3.01. The van der Waals surface area contributed by atoms with Crippen molar-refractivity contribution in [3.05, 3.63) is 35.7 Å². The van der Waals surface area contributed by atoms with Gasteiger partial charge in [0, 0.05) is 20.1 Å². The normalized spacial score (nSPS) is 21.1. The molecule has 0 saturated carbocycles. The molecule has 144 valence electrons. The number of hydrogen-bond donors (Lipinski definition) is 1. The molecule has 0 spiro atoms. The van der Waals surface area contributed by atoms with Gasteiger partial charge in [0.05, 0.1) is 23.1 Å². The minimum absolute atomic E-state index is 0.0534. The van der Waals surface area contributed by atoms with E-state index in [1.54, 1.807) is 0 Å². The van der Waals surface area contributed by atoms with Crippen LogP contribution >= 0.6 is 0 Å². The maximum atomic E-state index is 13.5. The fourth-order valence-corrected chi connectivity index (χ4v) is 4.31. The molecule has 0 bridgehead atoms. The monoisotopic (exact) mass is 368 g/mol. The quantitative estimate of drug-likeness (QED) is 0.881. The molecular weight excluding hydrogens is 340 g/mol. The van der Waals surface area contributed by atoms with E-state index in [1.807, 2.05) is 34.7 Å². The number of piperidine rings is 1. The van der Waals surface area contributed by atoms with E-state index in [1.165, 1.54) is 0 Å². The van der Waals surface area contributed by atoms with Crippen molar-refractivity contribution < 1.29 is 4.79 Å². The SMILES string of the molecule is Cc1c(C(=O)N2C[C@@H](C)CN(C)c3ccccc32)nnn1C1CCNCC1. The van der Waals surface area contributed by atoms with Crippen LogP contribution in [0.3, 0.4) is 0 Å². The highest BCUT2D eigenvalue weighted by molar-refractivity contribution is 6.07. The summed E-state index contributed by atoms with van der Waals surface area (Å²) in [6, 6.07) is 8.43. The Bertz CT molecular complexity index is 826. The van der Waals surface area contributed by atoms with Crippen LogP contribution in [0.15, 0.2) is 24.3 Å². The number of carbonyl (C=O) groups excluding carboxylic acids is 1. The van der Waals surface area contributed by atoms with Gasteiger partial charge in [-0.3, -0.25) is 4.79 Å². The van der Waals surface area contributed by atoms with E-state index in [0.717, 1.165) is 49.5 Å². The van der Waals surface area contributed by atoms with Gasteiger partial charge < -0.3 is 15.1 Å². The van der Waals surface area contributed by atoms with E-state index in [0.29, 0.717) is 24.2 Å². The zero-order valence-corrected chi connectivity index (χ0v) is 16.4. The van der Waals surface area contributed by atoms with Gasteiger partial charge in [-0.15, -0.1) is 5.10 Å². The number of nitrogens with zero attached hydrogens (tertiary/aromatic N) is 5. The summed E-state index contributed by atoms with van der Waals surface area (Å²) < 4.78 is 1.95. The molecule has 4 rings (SSSR count). The molecule has 1 atom stereocenters. The van der Waals surface area contributed by atoms with Gasteiger partial charge in [-0.05, 0) is 50.9 Å². The van der Waals surface area contributed by atoms with Gasteiger partial charge in [-0.1, -0.05) is 24.3 Å². The molecule has 1 aromatic carbocycles. The van der Waals surface area contributed by atoms with E-state index in [2.05, 4.69) is 40.6 Å². The summed E-state index contributed by atoms with van der Waals surface area (Å²) in [5.74, 6) is 0.313. The lowest BCUT2D eigenvalue weighted by atomic mass is 10.1. The van der Waals surface area contributed by atoms with Crippen LogP contribution in [-0.2, 0) is 0 Å². The summed E-state index contributed by atoms with van der Waals surface area (Å²) in [7, 11) is 2.09. The number of hydrogen-bond acceptors (Lipinski definition) is 5. The Morgan fingerprint density at radius 2 is 1.85 bits per heavy atom. The Morgan fingerprint density at radius 3 is 2.59 bits per heavy atom. The maximum Gasteiger partial charge on any atom is 0.280 e. The van der Waals surface area contributed by atoms with Crippen LogP contribution in [0.4, 0.5) is 11.4 Å². The lowest BCUT2D eigenvalue weighted by Gasteiger charge is -2.25. The first-order chi connectivity index (χ1) is 13.1. The Balaban J connectivity index is 1.68. The van der Waals surface area contributed by atoms with E-state index in [9.17, 15) is 4.79 Å². The predicted octanol–water partition coefficient (Wildman–Crippen LogP) is 2.24. The Hall–Kier alpha value is -2.41. The van der Waals surface area contributed by atoms with Gasteiger partial charge in [0.1, 0.15) is 0 Å². The van der Waals surface area contributed by atoms with Crippen molar-refractivity contribution in [3.8, 4) is 0 Å². The number of para-hydroxylation sites is 2. The van der Waals surface area contributed by atoms with Gasteiger partial charge in [-0.2, -0.15) is 0 Å². The summed E-state index contributed by atoms with van der Waals surface area (Å²) in [6.07, 6.45) is 2.04. The average molecular weight is 368 g/mol. The van der Waals surface area contributed by atoms with Crippen LogP contribution in [0.5, 0.6) is 0 Å². The van der Waals surface area contributed by atoms with Gasteiger partial charge in [0.15, 0.2) is 5.69 Å². The van der Waals surface area contributed by atoms with Gasteiger partial charge in [0.25, 0.3) is 5.91 Å². The van der Waals surface area contributed by atoms with Crippen molar-refractivity contribution in [2.45, 2.75) is 32.7 Å². The molecule has 7 heteroatoms. The van der Waals surface area contributed by atoms with Crippen LogP contribution in [0, 0.1) is 12.8 Å². The first-order valence-corrected chi connectivity index (χ1v) is 9.80. The van der Waals surface area contributed by atoms with Crippen molar-refractivity contribution in [2.24, 2.45) is 5.92 Å². The molecule has 1 amide bonds. The predicted molar refractivity (Wildman–Crippen MR) is 106 cm³/mol. The first kappa shape index (κ1) is 18.0. The highest BCUT2D eigenvalue weighted by Crippen LogP contribution is 2.33. The Labute approximate surface area is 160 Å². The molecule has 1 fully saturated rings. The van der Waals surface area contributed by atoms with Crippen LogP contribution < -0.4 is 15.1 Å². The maximum absolute atomic E-state index is 13.5. The van der Waals surface area contributed by atoms with E-state index in [4.69, 9.17) is 0 Å². The standard InChI is InChI=1S/C20H28N6O/c1-14-12-24(3)17-6-4-5-7-18(17)25(13-14)20(27)19-15(2)26(23-22-19)16-8-10-21-11-9-16/h4-7,14,16,21H,8-13H2,1-3H3/t14-/m0/s1. The Morgan fingerprint density at radius 1 is 1.15 bits per heavy atom. The number of benzene rings is 1. The molecule has 0 radical (unpaired) electrons. The summed E-state index contributed by atoms with van der Waals surface area (Å²) in [6.45, 7) is 7.71.